The SMILES string of the molecule is CC1(C(Cl)c2ccc(F)cc2F)CC1F. The summed E-state index contributed by atoms with van der Waals surface area (Å²) in [6.45, 7) is 1.66. The van der Waals surface area contributed by atoms with Crippen LogP contribution in [0.3, 0.4) is 0 Å². The minimum atomic E-state index is -0.996. The Balaban J connectivity index is 2.30. The van der Waals surface area contributed by atoms with E-state index in [0.717, 1.165) is 12.1 Å². The first-order valence-corrected chi connectivity index (χ1v) is 5.12. The summed E-state index contributed by atoms with van der Waals surface area (Å²) in [5, 5.41) is -0.743. The highest BCUT2D eigenvalue weighted by Gasteiger charge is 2.56. The Morgan fingerprint density at radius 3 is 2.53 bits per heavy atom. The Kier molecular flexibility index (Phi) is 2.45. The van der Waals surface area contributed by atoms with E-state index >= 15 is 0 Å². The lowest BCUT2D eigenvalue weighted by Crippen LogP contribution is -2.09. The average molecular weight is 235 g/mol. The van der Waals surface area contributed by atoms with Crippen LogP contribution < -0.4 is 0 Å². The van der Waals surface area contributed by atoms with Crippen LogP contribution in [0.15, 0.2) is 18.2 Å². The lowest BCUT2D eigenvalue weighted by atomic mass is 9.97. The lowest BCUT2D eigenvalue weighted by Gasteiger charge is -2.17. The number of alkyl halides is 2. The molecule has 0 N–H and O–H groups in total. The summed E-state index contributed by atoms with van der Waals surface area (Å²) in [6, 6.07) is 3.18. The second-order valence-corrected chi connectivity index (χ2v) is 4.64. The first kappa shape index (κ1) is 10.8. The van der Waals surface area contributed by atoms with Crippen LogP contribution in [-0.4, -0.2) is 6.17 Å². The molecule has 4 heteroatoms. The van der Waals surface area contributed by atoms with Crippen molar-refractivity contribution >= 4 is 11.6 Å². The van der Waals surface area contributed by atoms with Crippen molar-refractivity contribution in [1.82, 2.24) is 0 Å². The van der Waals surface area contributed by atoms with Gasteiger partial charge >= 0.3 is 0 Å². The van der Waals surface area contributed by atoms with Gasteiger partial charge in [0, 0.05) is 17.0 Å². The molecule has 0 nitrogen and oxygen atoms in total. The molecular formula is C11H10ClF3. The van der Waals surface area contributed by atoms with Gasteiger partial charge in [-0.15, -0.1) is 11.6 Å². The third-order valence-electron chi connectivity index (χ3n) is 2.99. The average Bonchev–Trinajstić information content (AvgIpc) is 2.75. The summed E-state index contributed by atoms with van der Waals surface area (Å²) in [5.74, 6) is -1.37. The van der Waals surface area contributed by atoms with E-state index in [9.17, 15) is 13.2 Å². The van der Waals surface area contributed by atoms with E-state index < -0.39 is 28.6 Å². The van der Waals surface area contributed by atoms with E-state index in [1.807, 2.05) is 0 Å². The second kappa shape index (κ2) is 3.41. The zero-order valence-electron chi connectivity index (χ0n) is 8.11. The standard InChI is InChI=1S/C11H10ClF3/c1-11(5-9(11)15)10(12)7-3-2-6(13)4-8(7)14/h2-4,9-10H,5H2,1H3. The molecule has 15 heavy (non-hydrogen) atoms. The maximum atomic E-state index is 13.3. The minimum absolute atomic E-state index is 0.167. The van der Waals surface area contributed by atoms with Gasteiger partial charge in [-0.25, -0.2) is 13.2 Å². The molecule has 0 heterocycles. The summed E-state index contributed by atoms with van der Waals surface area (Å²) in [7, 11) is 0. The van der Waals surface area contributed by atoms with Crippen LogP contribution in [0.2, 0.25) is 0 Å². The van der Waals surface area contributed by atoms with E-state index in [0.29, 0.717) is 6.42 Å². The molecule has 0 aliphatic heterocycles. The fourth-order valence-electron chi connectivity index (χ4n) is 1.65. The van der Waals surface area contributed by atoms with E-state index in [1.54, 1.807) is 6.92 Å². The van der Waals surface area contributed by atoms with Crippen LogP contribution in [0.5, 0.6) is 0 Å². The maximum absolute atomic E-state index is 13.3. The first-order valence-electron chi connectivity index (χ1n) is 4.68. The fraction of sp³-hybridized carbons (Fsp3) is 0.455. The van der Waals surface area contributed by atoms with E-state index in [1.165, 1.54) is 6.07 Å². The molecule has 3 unspecified atom stereocenters. The van der Waals surface area contributed by atoms with Gasteiger partial charge in [0.25, 0.3) is 0 Å². The molecule has 1 aliphatic carbocycles. The molecule has 1 aromatic rings. The Hall–Kier alpha value is -0.700. The number of benzene rings is 1. The molecule has 0 bridgehead atoms. The monoisotopic (exact) mass is 234 g/mol. The van der Waals surface area contributed by atoms with E-state index in [-0.39, 0.29) is 5.56 Å². The van der Waals surface area contributed by atoms with Gasteiger partial charge in [-0.3, -0.25) is 0 Å². The highest BCUT2D eigenvalue weighted by Crippen LogP contribution is 2.59. The van der Waals surface area contributed by atoms with Crippen molar-refractivity contribution in [3.63, 3.8) is 0 Å². The third kappa shape index (κ3) is 1.73. The van der Waals surface area contributed by atoms with E-state index in [2.05, 4.69) is 0 Å². The third-order valence-corrected chi connectivity index (χ3v) is 3.72. The van der Waals surface area contributed by atoms with Crippen molar-refractivity contribution in [3.8, 4) is 0 Å². The van der Waals surface area contributed by atoms with Crippen molar-refractivity contribution in [1.29, 1.82) is 0 Å². The highest BCUT2D eigenvalue weighted by atomic mass is 35.5. The molecule has 0 saturated heterocycles. The van der Waals surface area contributed by atoms with Crippen LogP contribution >= 0.6 is 11.6 Å². The molecule has 3 atom stereocenters. The summed E-state index contributed by atoms with van der Waals surface area (Å²) in [4.78, 5) is 0. The molecule has 1 aromatic carbocycles. The molecule has 2 rings (SSSR count). The maximum Gasteiger partial charge on any atom is 0.130 e. The Bertz CT molecular complexity index is 393. The highest BCUT2D eigenvalue weighted by molar-refractivity contribution is 6.21. The van der Waals surface area contributed by atoms with Crippen LogP contribution in [0.1, 0.15) is 24.3 Å². The van der Waals surface area contributed by atoms with Crippen molar-refractivity contribution in [2.45, 2.75) is 24.9 Å². The molecule has 0 spiro atoms. The molecule has 1 saturated carbocycles. The van der Waals surface area contributed by atoms with Crippen LogP contribution in [0.4, 0.5) is 13.2 Å². The smallest absolute Gasteiger partial charge is 0.130 e. The Labute approximate surface area is 91.1 Å². The van der Waals surface area contributed by atoms with Crippen molar-refractivity contribution < 1.29 is 13.2 Å². The van der Waals surface area contributed by atoms with Gasteiger partial charge in [-0.1, -0.05) is 13.0 Å². The predicted molar refractivity (Wildman–Crippen MR) is 52.6 cm³/mol. The fourth-order valence-corrected chi connectivity index (χ4v) is 2.05. The Morgan fingerprint density at radius 1 is 1.47 bits per heavy atom. The summed E-state index contributed by atoms with van der Waals surface area (Å²) < 4.78 is 39.0. The summed E-state index contributed by atoms with van der Waals surface area (Å²) in [6.07, 6.45) is -0.665. The van der Waals surface area contributed by atoms with Crippen molar-refractivity contribution in [2.24, 2.45) is 5.41 Å². The van der Waals surface area contributed by atoms with Crippen LogP contribution in [-0.2, 0) is 0 Å². The molecule has 1 aliphatic rings. The molecule has 0 aromatic heterocycles. The number of rotatable bonds is 2. The lowest BCUT2D eigenvalue weighted by molar-refractivity contribution is 0.366. The Morgan fingerprint density at radius 2 is 2.07 bits per heavy atom. The van der Waals surface area contributed by atoms with Crippen LogP contribution in [0, 0.1) is 17.0 Å². The quantitative estimate of drug-likeness (QED) is 0.679. The molecule has 82 valence electrons. The van der Waals surface area contributed by atoms with Crippen molar-refractivity contribution in [3.05, 3.63) is 35.4 Å². The van der Waals surface area contributed by atoms with Crippen LogP contribution in [0.25, 0.3) is 0 Å². The molecular weight excluding hydrogens is 225 g/mol. The second-order valence-electron chi connectivity index (χ2n) is 4.21. The summed E-state index contributed by atoms with van der Waals surface area (Å²) >= 11 is 5.99. The molecule has 1 fully saturated rings. The first-order chi connectivity index (χ1) is 6.95. The van der Waals surface area contributed by atoms with Crippen molar-refractivity contribution in [2.75, 3.05) is 0 Å². The number of hydrogen-bond donors (Lipinski definition) is 0. The molecule has 0 radical (unpaired) electrons. The molecule has 0 amide bonds. The zero-order valence-corrected chi connectivity index (χ0v) is 8.86. The largest absolute Gasteiger partial charge is 0.247 e. The predicted octanol–water partition coefficient (Wildman–Crippen LogP) is 3.99. The van der Waals surface area contributed by atoms with Gasteiger partial charge in [0.15, 0.2) is 0 Å². The number of halogens is 4. The van der Waals surface area contributed by atoms with Gasteiger partial charge in [-0.05, 0) is 12.5 Å². The topological polar surface area (TPSA) is 0 Å². The van der Waals surface area contributed by atoms with E-state index in [4.69, 9.17) is 11.6 Å². The van der Waals surface area contributed by atoms with Gasteiger partial charge in [0.2, 0.25) is 0 Å². The number of hydrogen-bond acceptors (Lipinski definition) is 0. The minimum Gasteiger partial charge on any atom is -0.247 e. The normalized spacial score (nSPS) is 31.4. The van der Waals surface area contributed by atoms with Gasteiger partial charge in [-0.2, -0.15) is 0 Å². The summed E-state index contributed by atoms with van der Waals surface area (Å²) in [5.41, 5.74) is -0.541. The van der Waals surface area contributed by atoms with Gasteiger partial charge < -0.3 is 0 Å². The van der Waals surface area contributed by atoms with Gasteiger partial charge in [0.05, 0.1) is 5.38 Å². The zero-order chi connectivity index (χ0) is 11.2. The van der Waals surface area contributed by atoms with Gasteiger partial charge in [0.1, 0.15) is 17.8 Å².